The number of piperidine rings is 1. The maximum Gasteiger partial charge on any atom is 0.283 e. The molecule has 0 N–H and O–H groups in total. The molecule has 30 heavy (non-hydrogen) atoms. The summed E-state index contributed by atoms with van der Waals surface area (Å²) in [6.07, 6.45) is 6.48. The molecule has 0 unspecified atom stereocenters. The first-order valence-electron chi connectivity index (χ1n) is 9.74. The van der Waals surface area contributed by atoms with Gasteiger partial charge in [-0.3, -0.25) is 4.79 Å². The van der Waals surface area contributed by atoms with E-state index in [1.807, 2.05) is 23.1 Å². The maximum absolute atomic E-state index is 12.6. The van der Waals surface area contributed by atoms with Crippen molar-refractivity contribution < 1.29 is 23.1 Å². The molecule has 8 nitrogen and oxygen atoms in total. The number of nitrogens with zero attached hydrogens (tertiary/aromatic N) is 3. The Hall–Kier alpha value is -3.55. The first kappa shape index (κ1) is 19.8. The maximum atomic E-state index is 12.6. The van der Waals surface area contributed by atoms with Crippen LogP contribution < -0.4 is 9.47 Å². The van der Waals surface area contributed by atoms with Crippen molar-refractivity contribution in [2.24, 2.45) is 0 Å². The van der Waals surface area contributed by atoms with Gasteiger partial charge < -0.3 is 23.2 Å². The van der Waals surface area contributed by atoms with Crippen molar-refractivity contribution in [2.45, 2.75) is 18.8 Å². The minimum atomic E-state index is -0.0231. The van der Waals surface area contributed by atoms with Crippen LogP contribution in [0.4, 0.5) is 0 Å². The fourth-order valence-electron chi connectivity index (χ4n) is 3.48. The van der Waals surface area contributed by atoms with E-state index < -0.39 is 0 Å². The Kier molecular flexibility index (Phi) is 5.83. The highest BCUT2D eigenvalue weighted by atomic mass is 16.5. The molecule has 2 aromatic heterocycles. The summed E-state index contributed by atoms with van der Waals surface area (Å²) in [7, 11) is 3.17. The third kappa shape index (κ3) is 4.22. The van der Waals surface area contributed by atoms with Crippen LogP contribution in [0.5, 0.6) is 11.5 Å². The van der Waals surface area contributed by atoms with Gasteiger partial charge in [0.2, 0.25) is 11.8 Å². The fraction of sp³-hybridized carbons (Fsp3) is 0.318. The molecule has 1 fully saturated rings. The lowest BCUT2D eigenvalue weighted by Crippen LogP contribution is -2.36. The van der Waals surface area contributed by atoms with E-state index in [-0.39, 0.29) is 11.8 Å². The molecule has 3 aromatic rings. The second-order valence-corrected chi connectivity index (χ2v) is 6.97. The Bertz CT molecular complexity index is 1020. The highest BCUT2D eigenvalue weighted by Gasteiger charge is 2.27. The van der Waals surface area contributed by atoms with E-state index in [1.165, 1.54) is 0 Å². The van der Waals surface area contributed by atoms with Gasteiger partial charge in [0, 0.05) is 25.1 Å². The Morgan fingerprint density at radius 2 is 1.93 bits per heavy atom. The van der Waals surface area contributed by atoms with Crippen molar-refractivity contribution in [3.63, 3.8) is 0 Å². The molecule has 0 radical (unpaired) electrons. The van der Waals surface area contributed by atoms with Gasteiger partial charge >= 0.3 is 0 Å². The van der Waals surface area contributed by atoms with Crippen LogP contribution in [0.2, 0.25) is 0 Å². The number of hydrogen-bond donors (Lipinski definition) is 0. The van der Waals surface area contributed by atoms with Gasteiger partial charge in [-0.2, -0.15) is 0 Å². The van der Waals surface area contributed by atoms with E-state index in [0.29, 0.717) is 42.1 Å². The first-order valence-corrected chi connectivity index (χ1v) is 9.74. The predicted octanol–water partition coefficient (Wildman–Crippen LogP) is 3.77. The number of benzene rings is 1. The molecule has 0 saturated carbocycles. The highest BCUT2D eigenvalue weighted by Crippen LogP contribution is 2.30. The largest absolute Gasteiger partial charge is 0.493 e. The van der Waals surface area contributed by atoms with Crippen LogP contribution in [0.3, 0.4) is 0 Å². The third-order valence-electron chi connectivity index (χ3n) is 5.15. The average molecular weight is 409 g/mol. The number of hydrogen-bond acceptors (Lipinski definition) is 7. The Labute approximate surface area is 174 Å². The Balaban J connectivity index is 1.34. The molecule has 1 aromatic carbocycles. The molecule has 0 atom stereocenters. The topological polar surface area (TPSA) is 90.8 Å². The van der Waals surface area contributed by atoms with Crippen molar-refractivity contribution in [3.05, 3.63) is 54.1 Å². The van der Waals surface area contributed by atoms with E-state index in [0.717, 1.165) is 18.4 Å². The summed E-state index contributed by atoms with van der Waals surface area (Å²) < 4.78 is 21.6. The van der Waals surface area contributed by atoms with Crippen molar-refractivity contribution in [1.82, 2.24) is 15.1 Å². The molecule has 1 aliphatic heterocycles. The van der Waals surface area contributed by atoms with Crippen LogP contribution in [0, 0.1) is 0 Å². The molecule has 1 aliphatic rings. The summed E-state index contributed by atoms with van der Waals surface area (Å²) in [5, 5.41) is 8.21. The molecular formula is C22H23N3O5. The number of furan rings is 1. The lowest BCUT2D eigenvalue weighted by Gasteiger charge is -2.29. The highest BCUT2D eigenvalue weighted by molar-refractivity contribution is 5.92. The van der Waals surface area contributed by atoms with Crippen LogP contribution in [0.1, 0.15) is 30.2 Å². The van der Waals surface area contributed by atoms with E-state index in [1.54, 1.807) is 44.8 Å². The van der Waals surface area contributed by atoms with Crippen molar-refractivity contribution >= 4 is 12.0 Å². The lowest BCUT2D eigenvalue weighted by atomic mass is 9.97. The number of ether oxygens (including phenoxy) is 2. The number of carbonyl (C=O) groups excluding carboxylic acids is 1. The molecule has 0 aliphatic carbocycles. The molecule has 0 bridgehead atoms. The van der Waals surface area contributed by atoms with E-state index in [2.05, 4.69) is 10.2 Å². The smallest absolute Gasteiger partial charge is 0.283 e. The number of methoxy groups -OCH3 is 2. The molecule has 4 rings (SSSR count). The Morgan fingerprint density at radius 1 is 1.13 bits per heavy atom. The molecule has 3 heterocycles. The number of carbonyl (C=O) groups is 1. The summed E-state index contributed by atoms with van der Waals surface area (Å²) in [5.41, 5.74) is 0.868. The van der Waals surface area contributed by atoms with Crippen LogP contribution in [-0.2, 0) is 4.79 Å². The zero-order valence-corrected chi connectivity index (χ0v) is 16.9. The molecular weight excluding hydrogens is 386 g/mol. The summed E-state index contributed by atoms with van der Waals surface area (Å²) in [5.74, 6) is 2.92. The molecule has 1 amide bonds. The van der Waals surface area contributed by atoms with E-state index >= 15 is 0 Å². The quantitative estimate of drug-likeness (QED) is 0.573. The van der Waals surface area contributed by atoms with Gasteiger partial charge in [0.1, 0.15) is 0 Å². The van der Waals surface area contributed by atoms with Gasteiger partial charge in [0.25, 0.3) is 5.89 Å². The van der Waals surface area contributed by atoms with Gasteiger partial charge in [-0.05, 0) is 48.7 Å². The monoisotopic (exact) mass is 409 g/mol. The molecule has 1 saturated heterocycles. The first-order chi connectivity index (χ1) is 14.7. The van der Waals surface area contributed by atoms with Gasteiger partial charge in [0.15, 0.2) is 17.3 Å². The SMILES string of the molecule is COc1ccc(/C=C/C(=O)N2CCC(c3nnc(-c4ccco4)o3)CC2)cc1OC. The van der Waals surface area contributed by atoms with Crippen LogP contribution in [0.25, 0.3) is 17.7 Å². The van der Waals surface area contributed by atoms with Crippen LogP contribution in [0.15, 0.2) is 51.5 Å². The summed E-state index contributed by atoms with van der Waals surface area (Å²) >= 11 is 0. The fourth-order valence-corrected chi connectivity index (χ4v) is 3.48. The Morgan fingerprint density at radius 3 is 2.63 bits per heavy atom. The molecule has 0 spiro atoms. The number of amides is 1. The third-order valence-corrected chi connectivity index (χ3v) is 5.15. The molecule has 156 valence electrons. The predicted molar refractivity (Wildman–Crippen MR) is 109 cm³/mol. The van der Waals surface area contributed by atoms with E-state index in [9.17, 15) is 4.79 Å². The summed E-state index contributed by atoms with van der Waals surface area (Å²) in [6, 6.07) is 9.09. The zero-order valence-electron chi connectivity index (χ0n) is 16.9. The second kappa shape index (κ2) is 8.86. The standard InChI is InChI=1S/C22H23N3O5/c1-27-17-7-5-15(14-19(17)28-2)6-8-20(26)25-11-9-16(10-12-25)21-23-24-22(30-21)18-4-3-13-29-18/h3-8,13-14,16H,9-12H2,1-2H3/b8-6+. The second-order valence-electron chi connectivity index (χ2n) is 6.97. The molecule has 8 heteroatoms. The van der Waals surface area contributed by atoms with Gasteiger partial charge in [-0.25, -0.2) is 0 Å². The number of likely N-dealkylation sites (tertiary alicyclic amines) is 1. The van der Waals surface area contributed by atoms with Crippen molar-refractivity contribution in [3.8, 4) is 23.1 Å². The van der Waals surface area contributed by atoms with Gasteiger partial charge in [-0.15, -0.1) is 10.2 Å². The minimum absolute atomic E-state index is 0.0231. The summed E-state index contributed by atoms with van der Waals surface area (Å²) in [4.78, 5) is 14.4. The number of aromatic nitrogens is 2. The van der Waals surface area contributed by atoms with Crippen molar-refractivity contribution in [1.29, 1.82) is 0 Å². The van der Waals surface area contributed by atoms with Gasteiger partial charge in [0.05, 0.1) is 20.5 Å². The average Bonchev–Trinajstić information content (AvgIpc) is 3.49. The normalized spacial score (nSPS) is 14.9. The minimum Gasteiger partial charge on any atom is -0.493 e. The van der Waals surface area contributed by atoms with Crippen molar-refractivity contribution in [2.75, 3.05) is 27.3 Å². The zero-order chi connectivity index (χ0) is 20.9. The summed E-state index contributed by atoms with van der Waals surface area (Å²) in [6.45, 7) is 1.27. The van der Waals surface area contributed by atoms with Crippen LogP contribution in [-0.4, -0.2) is 48.3 Å². The van der Waals surface area contributed by atoms with E-state index in [4.69, 9.17) is 18.3 Å². The van der Waals surface area contributed by atoms with Gasteiger partial charge in [-0.1, -0.05) is 6.07 Å². The number of rotatable bonds is 6. The lowest BCUT2D eigenvalue weighted by molar-refractivity contribution is -0.127. The van der Waals surface area contributed by atoms with Crippen LogP contribution >= 0.6 is 0 Å².